The van der Waals surface area contributed by atoms with Gasteiger partial charge in [-0.3, -0.25) is 19.1 Å². The van der Waals surface area contributed by atoms with Crippen LogP contribution >= 0.6 is 19.2 Å². The fourth-order valence-corrected chi connectivity index (χ4v) is 6.32. The number of alkyl halides is 1. The molecule has 1 aliphatic heterocycles. The first-order chi connectivity index (χ1) is 20.1. The molecule has 1 aliphatic rings. The van der Waals surface area contributed by atoms with Crippen molar-refractivity contribution in [1.29, 1.82) is 0 Å². The number of hydrogen-bond donors (Lipinski definition) is 3. The number of nitrogens with one attached hydrogen (secondary N) is 1. The highest BCUT2D eigenvalue weighted by molar-refractivity contribution is 7.54. The molecule has 0 amide bonds. The van der Waals surface area contributed by atoms with E-state index < -0.39 is 67.2 Å². The van der Waals surface area contributed by atoms with Gasteiger partial charge in [0.1, 0.15) is 18.0 Å². The lowest BCUT2D eigenvalue weighted by Crippen LogP contribution is -2.41. The summed E-state index contributed by atoms with van der Waals surface area (Å²) in [6.45, 7) is 3.18. The average Bonchev–Trinajstić information content (AvgIpc) is 3.42. The lowest BCUT2D eigenvalue weighted by Gasteiger charge is -2.26. The molecule has 0 spiro atoms. The normalized spacial score (nSPS) is 25.5. The molecule has 2 aromatic heterocycles. The third-order valence-electron chi connectivity index (χ3n) is 6.07. The Morgan fingerprint density at radius 1 is 1.37 bits per heavy atom. The van der Waals surface area contributed by atoms with Crippen molar-refractivity contribution in [3.63, 3.8) is 0 Å². The number of fused-ring (bicyclic) bond motifs is 1. The lowest BCUT2D eigenvalue weighted by atomic mass is 9.99. The molecule has 0 aliphatic carbocycles. The van der Waals surface area contributed by atoms with Crippen LogP contribution in [-0.4, -0.2) is 61.5 Å². The van der Waals surface area contributed by atoms with E-state index >= 15 is 0 Å². The van der Waals surface area contributed by atoms with Gasteiger partial charge >= 0.3 is 13.6 Å². The minimum Gasteiger partial charge on any atom is -0.463 e. The number of aliphatic hydroxyl groups excluding tert-OH is 1. The van der Waals surface area contributed by atoms with Crippen LogP contribution in [0, 0.1) is 17.8 Å². The van der Waals surface area contributed by atoms with Crippen molar-refractivity contribution in [2.45, 2.75) is 57.1 Å². The molecule has 1 aromatic carbocycles. The van der Waals surface area contributed by atoms with E-state index in [-0.39, 0.29) is 22.7 Å². The monoisotopic (exact) mass is 608 g/mol. The van der Waals surface area contributed by atoms with Crippen molar-refractivity contribution >= 4 is 42.1 Å². The van der Waals surface area contributed by atoms with Crippen LogP contribution in [0.3, 0.4) is 0 Å². The largest absolute Gasteiger partial charge is 0.463 e. The van der Waals surface area contributed by atoms with Gasteiger partial charge in [0.15, 0.2) is 16.7 Å². The number of aliphatic hydroxyl groups is 1. The quantitative estimate of drug-likeness (QED) is 0.134. The Morgan fingerprint density at radius 2 is 2.07 bits per heavy atom. The number of para-hydroxylation sites is 1. The molecule has 3 aromatic rings. The number of nitrogens with zero attached hydrogens (tertiary/aromatic N) is 2. The van der Waals surface area contributed by atoms with Gasteiger partial charge in [0, 0.05) is 6.20 Å². The predicted molar refractivity (Wildman–Crippen MR) is 153 cm³/mol. The smallest absolute Gasteiger partial charge is 0.380 e. The van der Waals surface area contributed by atoms with Crippen LogP contribution in [0.4, 0.5) is 5.95 Å². The summed E-state index contributed by atoms with van der Waals surface area (Å²) >= 11 is 6.84. The molecular weight excluding hydrogens is 575 g/mol. The number of esters is 1. The molecule has 4 rings (SSSR count). The third-order valence-corrected chi connectivity index (χ3v) is 8.44. The van der Waals surface area contributed by atoms with E-state index in [9.17, 15) is 19.3 Å². The minimum absolute atomic E-state index is 0.0408. The Balaban J connectivity index is 1.71. The molecule has 14 heteroatoms. The fraction of sp³-hybridized carbons (Fsp3) is 0.444. The topological polar surface area (TPSA) is 168 Å². The van der Waals surface area contributed by atoms with Crippen molar-refractivity contribution < 1.29 is 35.7 Å². The Hall–Kier alpha value is -3.33. The molecular formula is C27H32ClN4O8P. The SMILES string of the molecule is [2H]C([2H])(O[P@@](=O)(C[C@@H](C)C(=O)OC(C)C)Oc1ccccc1)[C@H]1O[C@@H](n2ccc3c(=O)[nH]c(N)nc32)C(Cl)(C#CC)[C@H]1O. The molecule has 0 bridgehead atoms. The van der Waals surface area contributed by atoms with E-state index in [1.165, 1.54) is 42.8 Å². The zero-order valence-corrected chi connectivity index (χ0v) is 24.4. The van der Waals surface area contributed by atoms with Gasteiger partial charge in [0.2, 0.25) is 5.95 Å². The molecule has 220 valence electrons. The van der Waals surface area contributed by atoms with Gasteiger partial charge in [-0.15, -0.1) is 5.92 Å². The Kier molecular flexibility index (Phi) is 8.32. The van der Waals surface area contributed by atoms with Crippen LogP contribution in [-0.2, 0) is 23.4 Å². The summed E-state index contributed by atoms with van der Waals surface area (Å²) in [5.74, 6) is 3.46. The zero-order chi connectivity index (χ0) is 31.7. The van der Waals surface area contributed by atoms with E-state index in [2.05, 4.69) is 21.8 Å². The van der Waals surface area contributed by atoms with Crippen LogP contribution in [0.15, 0.2) is 47.4 Å². The number of nitrogen functional groups attached to an aromatic ring is 1. The Labute approximate surface area is 244 Å². The summed E-state index contributed by atoms with van der Waals surface area (Å²) in [6.07, 6.45) is -4.78. The van der Waals surface area contributed by atoms with Crippen molar-refractivity contribution in [2.24, 2.45) is 5.92 Å². The number of rotatable bonds is 10. The number of carbonyl (C=O) groups is 1. The molecule has 1 saturated heterocycles. The molecule has 41 heavy (non-hydrogen) atoms. The van der Waals surface area contributed by atoms with Gasteiger partial charge in [-0.05, 0) is 39.0 Å². The molecule has 12 nitrogen and oxygen atoms in total. The maximum Gasteiger partial charge on any atom is 0.380 e. The molecule has 3 heterocycles. The first-order valence-corrected chi connectivity index (χ1v) is 14.8. The number of anilines is 1. The second-order valence-corrected chi connectivity index (χ2v) is 12.3. The zero-order valence-electron chi connectivity index (χ0n) is 24.7. The molecule has 0 radical (unpaired) electrons. The number of aromatic nitrogens is 3. The summed E-state index contributed by atoms with van der Waals surface area (Å²) in [7, 11) is -4.51. The van der Waals surface area contributed by atoms with E-state index in [1.807, 2.05) is 0 Å². The first kappa shape index (κ1) is 27.8. The molecule has 0 saturated carbocycles. The highest BCUT2D eigenvalue weighted by Gasteiger charge is 2.56. The number of H-pyrrole nitrogens is 1. The van der Waals surface area contributed by atoms with Crippen LogP contribution in [0.5, 0.6) is 5.75 Å². The molecule has 1 unspecified atom stereocenters. The van der Waals surface area contributed by atoms with E-state index in [0.29, 0.717) is 0 Å². The third kappa shape index (κ3) is 6.61. The first-order valence-electron chi connectivity index (χ1n) is 13.7. The fourth-order valence-electron chi connectivity index (χ4n) is 4.24. The minimum atomic E-state index is -4.51. The summed E-state index contributed by atoms with van der Waals surface area (Å²) in [5, 5.41) is 11.5. The van der Waals surface area contributed by atoms with E-state index in [1.54, 1.807) is 32.0 Å². The van der Waals surface area contributed by atoms with Gasteiger partial charge in [-0.1, -0.05) is 42.6 Å². The van der Waals surface area contributed by atoms with Crippen LogP contribution in [0.2, 0.25) is 0 Å². The standard InChI is InChI=1S/C27H32ClN4O8P/c1-5-12-27(28)21(33)20(39-25(27)32-13-11-19-22(32)30-26(29)31-23(19)34)14-37-41(36,40-18-9-7-6-8-10-18)15-17(4)24(35)38-16(2)3/h6-11,13,16-17,20-21,25,33H,14-15H2,1-4H3,(H3,29,30,31,34)/t17-,20-,21+,25-,27?,41+/m1/s1/i14D2. The second kappa shape index (κ2) is 12.3. The highest BCUT2D eigenvalue weighted by Crippen LogP contribution is 2.52. The second-order valence-electron chi connectivity index (χ2n) is 9.70. The maximum atomic E-state index is 14.2. The van der Waals surface area contributed by atoms with Crippen LogP contribution in [0.1, 0.15) is 36.7 Å². The Morgan fingerprint density at radius 3 is 2.73 bits per heavy atom. The van der Waals surface area contributed by atoms with Crippen molar-refractivity contribution in [3.05, 3.63) is 52.9 Å². The van der Waals surface area contributed by atoms with Crippen LogP contribution < -0.4 is 15.8 Å². The Bertz CT molecular complexity index is 1660. The summed E-state index contributed by atoms with van der Waals surface area (Å²) in [4.78, 5) is 29.5. The highest BCUT2D eigenvalue weighted by atomic mass is 35.5. The number of carbonyl (C=O) groups excluding carboxylic acids is 1. The predicted octanol–water partition coefficient (Wildman–Crippen LogP) is 3.44. The van der Waals surface area contributed by atoms with Crippen molar-refractivity contribution in [1.82, 2.24) is 14.5 Å². The van der Waals surface area contributed by atoms with Gasteiger partial charge in [-0.2, -0.15) is 4.98 Å². The summed E-state index contributed by atoms with van der Waals surface area (Å²) < 4.78 is 55.4. The van der Waals surface area contributed by atoms with Crippen molar-refractivity contribution in [3.8, 4) is 17.6 Å². The van der Waals surface area contributed by atoms with Gasteiger partial charge in [-0.25, -0.2) is 4.57 Å². The number of aromatic amines is 1. The number of ether oxygens (including phenoxy) is 2. The number of nitrogens with two attached hydrogens (primary N) is 1. The van der Waals surface area contributed by atoms with E-state index in [4.69, 9.17) is 38.6 Å². The van der Waals surface area contributed by atoms with Gasteiger partial charge in [0.25, 0.3) is 5.56 Å². The molecule has 1 fully saturated rings. The molecule has 4 N–H and O–H groups in total. The number of hydrogen-bond acceptors (Lipinski definition) is 10. The van der Waals surface area contributed by atoms with E-state index in [0.717, 1.165) is 0 Å². The van der Waals surface area contributed by atoms with Gasteiger partial charge in [0.05, 0.1) is 32.9 Å². The summed E-state index contributed by atoms with van der Waals surface area (Å²) in [6, 6.07) is 9.30. The lowest BCUT2D eigenvalue weighted by molar-refractivity contribution is -0.151. The van der Waals surface area contributed by atoms with Gasteiger partial charge < -0.3 is 29.4 Å². The average molecular weight is 609 g/mol. The number of benzene rings is 1. The van der Waals surface area contributed by atoms with Crippen LogP contribution in [0.25, 0.3) is 11.0 Å². The maximum absolute atomic E-state index is 14.2. The molecule has 6 atom stereocenters. The van der Waals surface area contributed by atoms with Crippen molar-refractivity contribution in [2.75, 3.05) is 18.5 Å². The summed E-state index contributed by atoms with van der Waals surface area (Å²) in [5.41, 5.74) is 5.23. The number of halogens is 1.